The molecule has 3 rings (SSSR count). The van der Waals surface area contributed by atoms with Crippen LogP contribution in [0.15, 0.2) is 72.8 Å². The van der Waals surface area contributed by atoms with Crippen LogP contribution in [-0.4, -0.2) is 64.2 Å². The highest BCUT2D eigenvalue weighted by molar-refractivity contribution is 7.92. The standard InChI is InChI=1S/C31H38ClN3O6S/c1-6-22(2)33-31(37)28(18-23-11-8-7-9-12-23)34(20-24-13-10-14-26(17-24)40-3)30(36)21-35(42(5,38)39)25-15-16-29(41-4)27(32)19-25/h7-17,19,22,28H,6,18,20-21H2,1-5H3,(H,33,37)/t22-,28-/m1/s1. The second-order valence-electron chi connectivity index (χ2n) is 9.99. The van der Waals surface area contributed by atoms with Gasteiger partial charge in [-0.2, -0.15) is 0 Å². The van der Waals surface area contributed by atoms with E-state index in [4.69, 9.17) is 21.1 Å². The maximum Gasteiger partial charge on any atom is 0.244 e. The second kappa shape index (κ2) is 14.9. The first kappa shape index (κ1) is 32.8. The largest absolute Gasteiger partial charge is 0.497 e. The lowest BCUT2D eigenvalue weighted by molar-refractivity contribution is -0.140. The number of benzene rings is 3. The van der Waals surface area contributed by atoms with Crippen LogP contribution in [0.1, 0.15) is 31.4 Å². The molecule has 3 aromatic carbocycles. The van der Waals surface area contributed by atoms with Gasteiger partial charge in [-0.1, -0.05) is 61.0 Å². The first-order valence-corrected chi connectivity index (χ1v) is 15.8. The molecule has 0 unspecified atom stereocenters. The van der Waals surface area contributed by atoms with Crippen LogP contribution in [0.2, 0.25) is 5.02 Å². The summed E-state index contributed by atoms with van der Waals surface area (Å²) in [6.45, 7) is 3.35. The molecule has 0 heterocycles. The summed E-state index contributed by atoms with van der Waals surface area (Å²) in [5.41, 5.74) is 1.77. The Balaban J connectivity index is 2.08. The fourth-order valence-corrected chi connectivity index (χ4v) is 5.48. The van der Waals surface area contributed by atoms with Gasteiger partial charge < -0.3 is 19.7 Å². The van der Waals surface area contributed by atoms with E-state index in [0.717, 1.165) is 21.7 Å². The molecule has 2 amide bonds. The van der Waals surface area contributed by atoms with Crippen LogP contribution in [0.4, 0.5) is 5.69 Å². The molecule has 0 aliphatic heterocycles. The molecule has 226 valence electrons. The number of ether oxygens (including phenoxy) is 2. The topological polar surface area (TPSA) is 105 Å². The summed E-state index contributed by atoms with van der Waals surface area (Å²) in [7, 11) is -0.932. The van der Waals surface area contributed by atoms with E-state index in [9.17, 15) is 18.0 Å². The zero-order valence-corrected chi connectivity index (χ0v) is 26.1. The van der Waals surface area contributed by atoms with Crippen molar-refractivity contribution in [1.29, 1.82) is 0 Å². The van der Waals surface area contributed by atoms with Crippen molar-refractivity contribution >= 4 is 39.1 Å². The van der Waals surface area contributed by atoms with Crippen LogP contribution >= 0.6 is 11.6 Å². The number of carbonyl (C=O) groups excluding carboxylic acids is 2. The molecule has 0 saturated heterocycles. The SMILES string of the molecule is CC[C@@H](C)NC(=O)[C@@H](Cc1ccccc1)N(Cc1cccc(OC)c1)C(=O)CN(c1ccc(OC)c(Cl)c1)S(C)(=O)=O. The highest BCUT2D eigenvalue weighted by atomic mass is 35.5. The number of carbonyl (C=O) groups is 2. The number of hydrogen-bond donors (Lipinski definition) is 1. The number of amides is 2. The van der Waals surface area contributed by atoms with Crippen molar-refractivity contribution in [3.05, 3.63) is 88.9 Å². The Morgan fingerprint density at radius 2 is 1.64 bits per heavy atom. The van der Waals surface area contributed by atoms with Crippen molar-refractivity contribution in [2.75, 3.05) is 31.3 Å². The molecule has 3 aromatic rings. The second-order valence-corrected chi connectivity index (χ2v) is 12.3. The van der Waals surface area contributed by atoms with E-state index in [1.165, 1.54) is 30.2 Å². The molecule has 1 N–H and O–H groups in total. The lowest BCUT2D eigenvalue weighted by atomic mass is 10.0. The number of methoxy groups -OCH3 is 2. The Bertz CT molecular complexity index is 1470. The third-order valence-corrected chi connectivity index (χ3v) is 8.30. The zero-order chi connectivity index (χ0) is 30.9. The summed E-state index contributed by atoms with van der Waals surface area (Å²) >= 11 is 6.30. The lowest BCUT2D eigenvalue weighted by Crippen LogP contribution is -2.54. The van der Waals surface area contributed by atoms with Crippen molar-refractivity contribution in [1.82, 2.24) is 10.2 Å². The fraction of sp³-hybridized carbons (Fsp3) is 0.355. The predicted molar refractivity (Wildman–Crippen MR) is 166 cm³/mol. The Labute approximate surface area is 253 Å². The summed E-state index contributed by atoms with van der Waals surface area (Å²) in [5.74, 6) is 0.0666. The first-order valence-electron chi connectivity index (χ1n) is 13.5. The molecule has 0 radical (unpaired) electrons. The maximum absolute atomic E-state index is 14.2. The van der Waals surface area contributed by atoms with Crippen molar-refractivity contribution in [3.63, 3.8) is 0 Å². The van der Waals surface area contributed by atoms with Crippen LogP contribution in [0.3, 0.4) is 0 Å². The monoisotopic (exact) mass is 615 g/mol. The average Bonchev–Trinajstić information content (AvgIpc) is 2.97. The van der Waals surface area contributed by atoms with Crippen molar-refractivity contribution in [2.24, 2.45) is 0 Å². The van der Waals surface area contributed by atoms with Crippen LogP contribution in [0.5, 0.6) is 11.5 Å². The molecule has 0 aliphatic carbocycles. The third-order valence-electron chi connectivity index (χ3n) is 6.86. The highest BCUT2D eigenvalue weighted by Crippen LogP contribution is 2.30. The zero-order valence-electron chi connectivity index (χ0n) is 24.5. The smallest absolute Gasteiger partial charge is 0.244 e. The summed E-state index contributed by atoms with van der Waals surface area (Å²) in [4.78, 5) is 29.4. The van der Waals surface area contributed by atoms with Crippen molar-refractivity contribution in [3.8, 4) is 11.5 Å². The number of hydrogen-bond acceptors (Lipinski definition) is 6. The number of anilines is 1. The van der Waals surface area contributed by atoms with E-state index >= 15 is 0 Å². The Kier molecular flexibility index (Phi) is 11.6. The summed E-state index contributed by atoms with van der Waals surface area (Å²) in [5, 5.41) is 3.20. The van der Waals surface area contributed by atoms with E-state index in [0.29, 0.717) is 17.9 Å². The summed E-state index contributed by atoms with van der Waals surface area (Å²) in [6.07, 6.45) is 1.95. The van der Waals surface area contributed by atoms with E-state index in [-0.39, 0.29) is 35.6 Å². The van der Waals surface area contributed by atoms with Gasteiger partial charge in [0.1, 0.15) is 24.1 Å². The van der Waals surface area contributed by atoms with Gasteiger partial charge >= 0.3 is 0 Å². The molecule has 0 saturated carbocycles. The quantitative estimate of drug-likeness (QED) is 0.282. The summed E-state index contributed by atoms with van der Waals surface area (Å²) in [6, 6.07) is 20.0. The van der Waals surface area contributed by atoms with Gasteiger partial charge in [-0.25, -0.2) is 8.42 Å². The van der Waals surface area contributed by atoms with E-state index in [2.05, 4.69) is 5.32 Å². The van der Waals surface area contributed by atoms with Gasteiger partial charge in [0.25, 0.3) is 0 Å². The van der Waals surface area contributed by atoms with Gasteiger partial charge in [-0.3, -0.25) is 13.9 Å². The first-order chi connectivity index (χ1) is 20.0. The van der Waals surface area contributed by atoms with E-state index < -0.39 is 28.5 Å². The molecule has 0 aliphatic rings. The van der Waals surface area contributed by atoms with Crippen molar-refractivity contribution in [2.45, 2.75) is 45.3 Å². The molecule has 0 spiro atoms. The molecular weight excluding hydrogens is 578 g/mol. The van der Waals surface area contributed by atoms with Gasteiger partial charge in [-0.05, 0) is 54.8 Å². The normalized spacial score (nSPS) is 12.6. The van der Waals surface area contributed by atoms with Crippen LogP contribution in [0, 0.1) is 0 Å². The van der Waals surface area contributed by atoms with Crippen molar-refractivity contribution < 1.29 is 27.5 Å². The summed E-state index contributed by atoms with van der Waals surface area (Å²) < 4.78 is 37.5. The van der Waals surface area contributed by atoms with Gasteiger partial charge in [-0.15, -0.1) is 0 Å². The number of sulfonamides is 1. The van der Waals surface area contributed by atoms with Gasteiger partial charge in [0.2, 0.25) is 21.8 Å². The fourth-order valence-electron chi connectivity index (χ4n) is 4.39. The van der Waals surface area contributed by atoms with Gasteiger partial charge in [0.05, 0.1) is 31.2 Å². The third kappa shape index (κ3) is 8.87. The highest BCUT2D eigenvalue weighted by Gasteiger charge is 2.33. The number of halogens is 1. The molecular formula is C31H38ClN3O6S. The Hall–Kier alpha value is -3.76. The number of rotatable bonds is 14. The van der Waals surface area contributed by atoms with Crippen LogP contribution in [0.25, 0.3) is 0 Å². The molecule has 2 atom stereocenters. The number of nitrogens with one attached hydrogen (secondary N) is 1. The minimum absolute atomic E-state index is 0.0441. The molecule has 42 heavy (non-hydrogen) atoms. The maximum atomic E-state index is 14.2. The Morgan fingerprint density at radius 1 is 0.952 bits per heavy atom. The molecule has 0 bridgehead atoms. The van der Waals surface area contributed by atoms with Crippen LogP contribution < -0.4 is 19.1 Å². The molecule has 0 aromatic heterocycles. The lowest BCUT2D eigenvalue weighted by Gasteiger charge is -2.34. The molecule has 11 heteroatoms. The molecule has 0 fully saturated rings. The minimum atomic E-state index is -3.93. The molecule has 9 nitrogen and oxygen atoms in total. The van der Waals surface area contributed by atoms with E-state index in [1.54, 1.807) is 25.3 Å². The van der Waals surface area contributed by atoms with Gasteiger partial charge in [0.15, 0.2) is 0 Å². The number of nitrogens with zero attached hydrogens (tertiary/aromatic N) is 2. The minimum Gasteiger partial charge on any atom is -0.497 e. The Morgan fingerprint density at radius 3 is 2.24 bits per heavy atom. The average molecular weight is 616 g/mol. The van der Waals surface area contributed by atoms with E-state index in [1.807, 2.05) is 50.2 Å². The van der Waals surface area contributed by atoms with Gasteiger partial charge in [0, 0.05) is 19.0 Å². The predicted octanol–water partition coefficient (Wildman–Crippen LogP) is 4.68. The van der Waals surface area contributed by atoms with Crippen LogP contribution in [-0.2, 0) is 32.6 Å².